The van der Waals surface area contributed by atoms with Crippen LogP contribution in [0, 0.1) is 0 Å². The lowest BCUT2D eigenvalue weighted by molar-refractivity contribution is -0.141. The van der Waals surface area contributed by atoms with Gasteiger partial charge >= 0.3 is 11.7 Å². The van der Waals surface area contributed by atoms with E-state index >= 15 is 0 Å². The number of carbonyl (C=O) groups is 1. The van der Waals surface area contributed by atoms with Gasteiger partial charge in [0.25, 0.3) is 5.56 Å². The van der Waals surface area contributed by atoms with Crippen molar-refractivity contribution in [1.82, 2.24) is 9.13 Å². The van der Waals surface area contributed by atoms with Crippen LogP contribution in [0.25, 0.3) is 15.9 Å². The van der Waals surface area contributed by atoms with Crippen LogP contribution in [0.4, 0.5) is 0 Å². The highest BCUT2D eigenvalue weighted by Gasteiger charge is 2.32. The molecule has 3 heterocycles. The predicted molar refractivity (Wildman–Crippen MR) is 111 cm³/mol. The molecule has 0 radical (unpaired) electrons. The molecule has 152 valence electrons. The summed E-state index contributed by atoms with van der Waals surface area (Å²) in [5.74, 6) is -0.572. The van der Waals surface area contributed by atoms with Gasteiger partial charge in [0, 0.05) is 16.3 Å². The second-order valence-electron chi connectivity index (χ2n) is 7.47. The number of nitrogens with zero attached hydrogens (tertiary/aromatic N) is 2. The van der Waals surface area contributed by atoms with Crippen molar-refractivity contribution in [2.45, 2.75) is 39.0 Å². The van der Waals surface area contributed by atoms with Crippen molar-refractivity contribution in [2.75, 3.05) is 7.11 Å². The van der Waals surface area contributed by atoms with E-state index in [2.05, 4.69) is 0 Å². The van der Waals surface area contributed by atoms with Gasteiger partial charge in [0.2, 0.25) is 0 Å². The Kier molecular flexibility index (Phi) is 4.88. The zero-order valence-electron chi connectivity index (χ0n) is 16.2. The summed E-state index contributed by atoms with van der Waals surface area (Å²) in [6.45, 7) is 3.99. The van der Waals surface area contributed by atoms with Crippen LogP contribution in [0.3, 0.4) is 0 Å². The Hall–Kier alpha value is -2.42. The first-order chi connectivity index (χ1) is 13.7. The van der Waals surface area contributed by atoms with Crippen molar-refractivity contribution in [2.24, 2.45) is 0 Å². The van der Waals surface area contributed by atoms with Gasteiger partial charge in [-0.1, -0.05) is 11.6 Å². The Morgan fingerprint density at radius 3 is 2.62 bits per heavy atom. The third kappa shape index (κ3) is 3.41. The minimum Gasteiger partial charge on any atom is -0.468 e. The number of hydrogen-bond acceptors (Lipinski definition) is 6. The van der Waals surface area contributed by atoms with Gasteiger partial charge in [-0.05, 0) is 43.7 Å². The Bertz CT molecular complexity index is 1240. The summed E-state index contributed by atoms with van der Waals surface area (Å²) in [4.78, 5) is 40.0. The van der Waals surface area contributed by atoms with E-state index in [-0.39, 0.29) is 6.54 Å². The number of methoxy groups -OCH3 is 1. The summed E-state index contributed by atoms with van der Waals surface area (Å²) in [5, 5.41) is 0.935. The third-order valence-electron chi connectivity index (χ3n) is 4.95. The number of fused-ring (bicyclic) bond motifs is 3. The van der Waals surface area contributed by atoms with E-state index in [4.69, 9.17) is 21.1 Å². The highest BCUT2D eigenvalue weighted by Crippen LogP contribution is 2.37. The fourth-order valence-corrected chi connectivity index (χ4v) is 4.85. The summed E-state index contributed by atoms with van der Waals surface area (Å²) in [6.07, 6.45) is 0.536. The largest absolute Gasteiger partial charge is 0.468 e. The van der Waals surface area contributed by atoms with Gasteiger partial charge in [0.1, 0.15) is 11.4 Å². The average Bonchev–Trinajstić information content (AvgIpc) is 3.04. The van der Waals surface area contributed by atoms with E-state index in [1.165, 1.54) is 23.0 Å². The number of esters is 1. The molecule has 0 spiro atoms. The quantitative estimate of drug-likeness (QED) is 0.592. The van der Waals surface area contributed by atoms with Crippen LogP contribution >= 0.6 is 22.9 Å². The molecule has 1 aliphatic heterocycles. The van der Waals surface area contributed by atoms with Gasteiger partial charge < -0.3 is 9.47 Å². The Balaban J connectivity index is 2.08. The monoisotopic (exact) mass is 434 g/mol. The summed E-state index contributed by atoms with van der Waals surface area (Å²) < 4.78 is 13.0. The van der Waals surface area contributed by atoms with Crippen LogP contribution in [0.2, 0.25) is 5.02 Å². The molecular weight excluding hydrogens is 416 g/mol. The molecule has 0 atom stereocenters. The van der Waals surface area contributed by atoms with Crippen molar-refractivity contribution >= 4 is 39.1 Å². The van der Waals surface area contributed by atoms with Crippen LogP contribution in [0.5, 0.6) is 0 Å². The van der Waals surface area contributed by atoms with E-state index in [9.17, 15) is 14.4 Å². The number of ether oxygens (including phenoxy) is 2. The topological polar surface area (TPSA) is 79.5 Å². The second kappa shape index (κ2) is 7.12. The first-order valence-corrected chi connectivity index (χ1v) is 10.2. The molecule has 0 bridgehead atoms. The molecule has 1 aliphatic rings. The minimum atomic E-state index is -0.603. The lowest BCUT2D eigenvalue weighted by Gasteiger charge is -2.29. The number of rotatable bonds is 3. The van der Waals surface area contributed by atoms with Gasteiger partial charge in [0.05, 0.1) is 30.4 Å². The molecular formula is C20H19ClN2O5S. The van der Waals surface area contributed by atoms with Crippen molar-refractivity contribution in [3.05, 3.63) is 60.6 Å². The van der Waals surface area contributed by atoms with Crippen LogP contribution in [-0.2, 0) is 33.8 Å². The maximum atomic E-state index is 13.5. The van der Waals surface area contributed by atoms with E-state index in [0.29, 0.717) is 34.0 Å². The van der Waals surface area contributed by atoms with Gasteiger partial charge in [0.15, 0.2) is 0 Å². The number of benzene rings is 1. The van der Waals surface area contributed by atoms with Crippen LogP contribution in [-0.4, -0.2) is 27.8 Å². The fraction of sp³-hybridized carbons (Fsp3) is 0.350. The summed E-state index contributed by atoms with van der Waals surface area (Å²) in [7, 11) is 1.26. The summed E-state index contributed by atoms with van der Waals surface area (Å²) in [6, 6.07) is 6.42. The van der Waals surface area contributed by atoms with Crippen LogP contribution < -0.4 is 11.2 Å². The Morgan fingerprint density at radius 1 is 1.28 bits per heavy atom. The molecule has 0 saturated carbocycles. The summed E-state index contributed by atoms with van der Waals surface area (Å²) >= 11 is 7.27. The van der Waals surface area contributed by atoms with E-state index < -0.39 is 22.8 Å². The maximum absolute atomic E-state index is 13.5. The molecule has 2 aromatic heterocycles. The molecule has 0 fully saturated rings. The number of carbonyl (C=O) groups excluding carboxylic acids is 1. The zero-order valence-corrected chi connectivity index (χ0v) is 17.7. The third-order valence-corrected chi connectivity index (χ3v) is 6.43. The van der Waals surface area contributed by atoms with Crippen LogP contribution in [0.15, 0.2) is 33.9 Å². The van der Waals surface area contributed by atoms with Gasteiger partial charge in [-0.2, -0.15) is 0 Å². The van der Waals surface area contributed by atoms with Crippen molar-refractivity contribution < 1.29 is 14.3 Å². The Morgan fingerprint density at radius 2 is 1.97 bits per heavy atom. The second-order valence-corrected chi connectivity index (χ2v) is 8.99. The SMILES string of the molecule is COC(=O)Cn1c(=O)n(-c2ccc(Cl)cc2)c(=O)c2c3c(sc21)COC(C)(C)C3. The van der Waals surface area contributed by atoms with E-state index in [1.807, 2.05) is 13.8 Å². The number of aromatic nitrogens is 2. The highest BCUT2D eigenvalue weighted by atomic mass is 35.5. The lowest BCUT2D eigenvalue weighted by atomic mass is 9.94. The fourth-order valence-electron chi connectivity index (χ4n) is 3.51. The van der Waals surface area contributed by atoms with Gasteiger partial charge in [-0.15, -0.1) is 11.3 Å². The molecule has 0 aliphatic carbocycles. The molecule has 0 saturated heterocycles. The van der Waals surface area contributed by atoms with Gasteiger partial charge in [-0.25, -0.2) is 9.36 Å². The average molecular weight is 435 g/mol. The molecule has 29 heavy (non-hydrogen) atoms. The van der Waals surface area contributed by atoms with Crippen molar-refractivity contribution in [1.29, 1.82) is 0 Å². The zero-order chi connectivity index (χ0) is 20.9. The molecule has 7 nitrogen and oxygen atoms in total. The lowest BCUT2D eigenvalue weighted by Crippen LogP contribution is -2.40. The van der Waals surface area contributed by atoms with Gasteiger partial charge in [-0.3, -0.25) is 14.2 Å². The molecule has 9 heteroatoms. The molecule has 4 rings (SSSR count). The van der Waals surface area contributed by atoms with Crippen molar-refractivity contribution in [3.63, 3.8) is 0 Å². The molecule has 3 aromatic rings. The standard InChI is InChI=1S/C20H19ClN2O5S/c1-20(2)8-13-14(10-28-20)29-18-16(13)17(25)23(12-6-4-11(21)5-7-12)19(26)22(18)9-15(24)27-3/h4-7H,8-10H2,1-3H3. The number of hydrogen-bond donors (Lipinski definition) is 0. The van der Waals surface area contributed by atoms with Crippen molar-refractivity contribution in [3.8, 4) is 5.69 Å². The first-order valence-electron chi connectivity index (χ1n) is 8.98. The maximum Gasteiger partial charge on any atom is 0.337 e. The molecule has 1 aromatic carbocycles. The molecule has 0 amide bonds. The normalized spacial score (nSPS) is 15.3. The molecule has 0 N–H and O–H groups in total. The predicted octanol–water partition coefficient (Wildman–Crippen LogP) is 2.89. The number of thiophene rings is 1. The number of halogens is 1. The smallest absolute Gasteiger partial charge is 0.337 e. The summed E-state index contributed by atoms with van der Waals surface area (Å²) in [5.41, 5.74) is -0.191. The van der Waals surface area contributed by atoms with E-state index in [1.54, 1.807) is 24.3 Å². The first kappa shape index (κ1) is 19.9. The Labute approximate surface area is 175 Å². The minimum absolute atomic E-state index is 0.288. The highest BCUT2D eigenvalue weighted by molar-refractivity contribution is 7.18. The van der Waals surface area contributed by atoms with Crippen LogP contribution in [0.1, 0.15) is 24.3 Å². The molecule has 0 unspecified atom stereocenters. The van der Waals surface area contributed by atoms with E-state index in [0.717, 1.165) is 15.0 Å².